The number of carbonyl (C=O) groups excluding carboxylic acids is 1. The van der Waals surface area contributed by atoms with Gasteiger partial charge in [0.15, 0.2) is 0 Å². The van der Waals surface area contributed by atoms with E-state index in [4.69, 9.17) is 21.1 Å². The zero-order valence-corrected chi connectivity index (χ0v) is 19.9. The minimum Gasteiger partial charge on any atom is -0.490 e. The van der Waals surface area contributed by atoms with E-state index in [2.05, 4.69) is 0 Å². The zero-order valence-electron chi connectivity index (χ0n) is 19.9. The van der Waals surface area contributed by atoms with E-state index in [1.165, 1.54) is 29.2 Å². The monoisotopic (exact) mass is 452 g/mol. The number of hydrogen-bond donors (Lipinski definition) is 2. The smallest absolute Gasteiger partial charge is 0.410 e. The molecular formula is C26H36N4O3. The third-order valence-electron chi connectivity index (χ3n) is 5.98. The lowest BCUT2D eigenvalue weighted by Crippen LogP contribution is -2.33. The minimum atomic E-state index is -0.446. The van der Waals surface area contributed by atoms with E-state index in [9.17, 15) is 4.79 Å². The molecule has 1 amide bonds. The van der Waals surface area contributed by atoms with Crippen LogP contribution in [0.5, 0.6) is 5.75 Å². The Morgan fingerprint density at radius 1 is 1.06 bits per heavy atom. The molecule has 1 saturated carbocycles. The fourth-order valence-corrected chi connectivity index (χ4v) is 4.01. The molecule has 7 nitrogen and oxygen atoms in total. The molecule has 0 radical (unpaired) electrons. The first-order valence-electron chi connectivity index (χ1n) is 11.5. The van der Waals surface area contributed by atoms with Gasteiger partial charge < -0.3 is 25.1 Å². The Bertz CT molecular complexity index is 953. The van der Waals surface area contributed by atoms with Gasteiger partial charge in [0.1, 0.15) is 12.4 Å². The molecule has 2 aromatic carbocycles. The Morgan fingerprint density at radius 3 is 2.39 bits per heavy atom. The Morgan fingerprint density at radius 2 is 1.76 bits per heavy atom. The Kier molecular flexibility index (Phi) is 8.60. The van der Waals surface area contributed by atoms with Crippen LogP contribution in [0.1, 0.15) is 48.8 Å². The summed E-state index contributed by atoms with van der Waals surface area (Å²) in [6, 6.07) is 15.6. The second-order valence-corrected chi connectivity index (χ2v) is 8.73. The van der Waals surface area contributed by atoms with E-state index >= 15 is 0 Å². The third kappa shape index (κ3) is 6.89. The van der Waals surface area contributed by atoms with Gasteiger partial charge in [-0.25, -0.2) is 10.6 Å². The van der Waals surface area contributed by atoms with Gasteiger partial charge in [-0.2, -0.15) is 0 Å². The van der Waals surface area contributed by atoms with Crippen molar-refractivity contribution in [1.29, 1.82) is 0 Å². The first kappa shape index (κ1) is 24.5. The fourth-order valence-electron chi connectivity index (χ4n) is 4.01. The van der Waals surface area contributed by atoms with Gasteiger partial charge in [0, 0.05) is 20.6 Å². The van der Waals surface area contributed by atoms with Gasteiger partial charge in [0.2, 0.25) is 0 Å². The van der Waals surface area contributed by atoms with E-state index in [1.807, 2.05) is 55.5 Å². The standard InChI is InChI=1S/C26H36N4O3/c1-19-16-21(14-15-24(19)33-22-12-8-5-9-13-22)25(27)23(30(3)28)18-32-26(31)29(2)17-20-10-6-4-7-11-20/h4,6-7,10-11,14-16,22H,5,8-9,12-13,17-18,27-28H2,1-3H3/b25-23-. The van der Waals surface area contributed by atoms with Gasteiger partial charge >= 0.3 is 6.09 Å². The van der Waals surface area contributed by atoms with Crippen LogP contribution < -0.4 is 16.3 Å². The molecule has 0 bridgehead atoms. The topological polar surface area (TPSA) is 94.1 Å². The molecule has 3 rings (SSSR count). The van der Waals surface area contributed by atoms with Crippen molar-refractivity contribution in [3.8, 4) is 5.75 Å². The molecule has 0 unspecified atom stereocenters. The van der Waals surface area contributed by atoms with Crippen molar-refractivity contribution in [3.05, 3.63) is 70.9 Å². The van der Waals surface area contributed by atoms with Crippen LogP contribution in [-0.4, -0.2) is 42.8 Å². The van der Waals surface area contributed by atoms with Crippen LogP contribution in [0.25, 0.3) is 5.70 Å². The molecule has 0 saturated heterocycles. The van der Waals surface area contributed by atoms with E-state index in [1.54, 1.807) is 14.1 Å². The fraction of sp³-hybridized carbons (Fsp3) is 0.423. The van der Waals surface area contributed by atoms with E-state index in [0.29, 0.717) is 17.9 Å². The molecule has 1 fully saturated rings. The van der Waals surface area contributed by atoms with Gasteiger partial charge in [-0.15, -0.1) is 0 Å². The largest absolute Gasteiger partial charge is 0.490 e. The quantitative estimate of drug-likeness (QED) is 0.455. The summed E-state index contributed by atoms with van der Waals surface area (Å²) < 4.78 is 11.7. The van der Waals surface area contributed by atoms with Crippen molar-refractivity contribution in [1.82, 2.24) is 9.91 Å². The number of likely N-dealkylation sites (N-methyl/N-ethyl adjacent to an activating group) is 1. The molecule has 2 aromatic rings. The van der Waals surface area contributed by atoms with Crippen molar-refractivity contribution < 1.29 is 14.3 Å². The van der Waals surface area contributed by atoms with Crippen molar-refractivity contribution in [2.75, 3.05) is 20.7 Å². The SMILES string of the molecule is Cc1cc(/C(N)=C(\COC(=O)N(C)Cc2ccccc2)N(C)N)ccc1OC1CCCCC1. The van der Waals surface area contributed by atoms with Gasteiger partial charge in [0.05, 0.1) is 17.5 Å². The summed E-state index contributed by atoms with van der Waals surface area (Å²) >= 11 is 0. The summed E-state index contributed by atoms with van der Waals surface area (Å²) in [5.41, 5.74) is 10.3. The normalized spacial score (nSPS) is 14.9. The maximum Gasteiger partial charge on any atom is 0.410 e. The highest BCUT2D eigenvalue weighted by atomic mass is 16.6. The average molecular weight is 453 g/mol. The molecular weight excluding hydrogens is 416 g/mol. The molecule has 1 aliphatic carbocycles. The maximum absolute atomic E-state index is 12.5. The van der Waals surface area contributed by atoms with Crippen LogP contribution in [0.15, 0.2) is 54.2 Å². The molecule has 1 aliphatic rings. The Hall–Kier alpha value is -3.19. The van der Waals surface area contributed by atoms with Crippen LogP contribution in [-0.2, 0) is 11.3 Å². The minimum absolute atomic E-state index is 0.0316. The Balaban J connectivity index is 1.66. The second-order valence-electron chi connectivity index (χ2n) is 8.73. The lowest BCUT2D eigenvalue weighted by atomic mass is 9.97. The number of ether oxygens (including phenoxy) is 2. The molecule has 178 valence electrons. The number of rotatable bonds is 8. The molecule has 0 aromatic heterocycles. The number of carbonyl (C=O) groups is 1. The number of benzene rings is 2. The van der Waals surface area contributed by atoms with Gasteiger partial charge in [-0.3, -0.25) is 0 Å². The molecule has 0 aliphatic heterocycles. The predicted molar refractivity (Wildman–Crippen MR) is 131 cm³/mol. The van der Waals surface area contributed by atoms with E-state index in [-0.39, 0.29) is 12.7 Å². The summed E-state index contributed by atoms with van der Waals surface area (Å²) in [6.45, 7) is 2.43. The molecule has 4 N–H and O–H groups in total. The summed E-state index contributed by atoms with van der Waals surface area (Å²) in [7, 11) is 3.37. The highest BCUT2D eigenvalue weighted by Gasteiger charge is 2.18. The first-order valence-corrected chi connectivity index (χ1v) is 11.5. The molecule has 33 heavy (non-hydrogen) atoms. The highest BCUT2D eigenvalue weighted by molar-refractivity contribution is 5.70. The number of hydrogen-bond acceptors (Lipinski definition) is 6. The predicted octanol–water partition coefficient (Wildman–Crippen LogP) is 4.41. The van der Waals surface area contributed by atoms with Crippen LogP contribution in [0.3, 0.4) is 0 Å². The lowest BCUT2D eigenvalue weighted by Gasteiger charge is -2.24. The second kappa shape index (κ2) is 11.6. The van der Waals surface area contributed by atoms with Crippen molar-refractivity contribution in [2.24, 2.45) is 11.6 Å². The summed E-state index contributed by atoms with van der Waals surface area (Å²) in [5.74, 6) is 6.90. The van der Waals surface area contributed by atoms with E-state index < -0.39 is 6.09 Å². The molecule has 7 heteroatoms. The Labute approximate surface area is 196 Å². The molecule has 0 heterocycles. The number of amides is 1. The lowest BCUT2D eigenvalue weighted by molar-refractivity contribution is 0.111. The van der Waals surface area contributed by atoms with Gasteiger partial charge in [-0.05, 0) is 67.5 Å². The maximum atomic E-state index is 12.5. The van der Waals surface area contributed by atoms with Gasteiger partial charge in [-0.1, -0.05) is 36.8 Å². The summed E-state index contributed by atoms with van der Waals surface area (Å²) in [5, 5.41) is 1.39. The average Bonchev–Trinajstić information content (AvgIpc) is 2.81. The zero-order chi connectivity index (χ0) is 23.8. The van der Waals surface area contributed by atoms with Crippen molar-refractivity contribution >= 4 is 11.8 Å². The highest BCUT2D eigenvalue weighted by Crippen LogP contribution is 2.28. The summed E-state index contributed by atoms with van der Waals surface area (Å²) in [4.78, 5) is 14.0. The van der Waals surface area contributed by atoms with Crippen LogP contribution in [0.2, 0.25) is 0 Å². The third-order valence-corrected chi connectivity index (χ3v) is 5.98. The first-order chi connectivity index (χ1) is 15.8. The van der Waals surface area contributed by atoms with Gasteiger partial charge in [0.25, 0.3) is 0 Å². The molecule has 0 spiro atoms. The summed E-state index contributed by atoms with van der Waals surface area (Å²) in [6.07, 6.45) is 5.80. The number of nitrogens with two attached hydrogens (primary N) is 2. The number of hydrazine groups is 1. The van der Waals surface area contributed by atoms with Crippen molar-refractivity contribution in [3.63, 3.8) is 0 Å². The van der Waals surface area contributed by atoms with Crippen LogP contribution in [0, 0.1) is 6.92 Å². The van der Waals surface area contributed by atoms with Crippen molar-refractivity contribution in [2.45, 2.75) is 51.7 Å². The number of aryl methyl sites for hydroxylation is 1. The van der Waals surface area contributed by atoms with Crippen LogP contribution in [0.4, 0.5) is 4.79 Å². The number of nitrogens with zero attached hydrogens (tertiary/aromatic N) is 2. The van der Waals surface area contributed by atoms with Crippen LogP contribution >= 0.6 is 0 Å². The molecule has 0 atom stereocenters. The van der Waals surface area contributed by atoms with E-state index in [0.717, 1.165) is 35.3 Å².